The topological polar surface area (TPSA) is 64.9 Å². The van der Waals surface area contributed by atoms with Gasteiger partial charge in [-0.2, -0.15) is 4.68 Å². The maximum atomic E-state index is 5.20. The van der Waals surface area contributed by atoms with E-state index >= 15 is 0 Å². The number of hydrogen-bond donors (Lipinski definition) is 1. The monoisotopic (exact) mass is 281 g/mol. The Hall–Kier alpha value is -2.89. The van der Waals surface area contributed by atoms with Gasteiger partial charge in [0.05, 0.1) is 19.3 Å². The molecule has 0 saturated carbocycles. The van der Waals surface area contributed by atoms with Crippen LogP contribution in [-0.4, -0.2) is 27.3 Å². The third-order valence-corrected chi connectivity index (χ3v) is 3.06. The molecule has 0 saturated heterocycles. The molecule has 3 rings (SSSR count). The number of nitrogens with zero attached hydrogens (tertiary/aromatic N) is 4. The number of aromatic nitrogens is 4. The van der Waals surface area contributed by atoms with E-state index in [0.717, 1.165) is 22.9 Å². The molecule has 21 heavy (non-hydrogen) atoms. The van der Waals surface area contributed by atoms with Crippen LogP contribution in [0.15, 0.2) is 54.6 Å². The van der Waals surface area contributed by atoms with Crippen molar-refractivity contribution in [3.05, 3.63) is 60.4 Å². The van der Waals surface area contributed by atoms with Crippen molar-refractivity contribution in [1.29, 1.82) is 0 Å². The molecule has 0 radical (unpaired) electrons. The highest BCUT2D eigenvalue weighted by Crippen LogP contribution is 2.17. The third kappa shape index (κ3) is 3.00. The summed E-state index contributed by atoms with van der Waals surface area (Å²) in [5.74, 6) is 1.55. The average molecular weight is 281 g/mol. The molecule has 1 heterocycles. The quantitative estimate of drug-likeness (QED) is 0.777. The Balaban J connectivity index is 1.76. The summed E-state index contributed by atoms with van der Waals surface area (Å²) in [7, 11) is 1.65. The van der Waals surface area contributed by atoms with Gasteiger partial charge < -0.3 is 10.1 Å². The van der Waals surface area contributed by atoms with Crippen molar-refractivity contribution in [2.75, 3.05) is 12.4 Å². The maximum absolute atomic E-state index is 5.20. The first kappa shape index (κ1) is 13.1. The lowest BCUT2D eigenvalue weighted by molar-refractivity contribution is 0.415. The van der Waals surface area contributed by atoms with Crippen LogP contribution >= 0.6 is 0 Å². The van der Waals surface area contributed by atoms with Crippen LogP contribution in [-0.2, 0) is 6.54 Å². The molecule has 0 amide bonds. The Morgan fingerprint density at radius 1 is 1.10 bits per heavy atom. The lowest BCUT2D eigenvalue weighted by Gasteiger charge is -2.08. The lowest BCUT2D eigenvalue weighted by Crippen LogP contribution is -2.08. The average Bonchev–Trinajstić information content (AvgIpc) is 3.02. The minimum Gasteiger partial charge on any atom is -0.497 e. The predicted octanol–water partition coefficient (Wildman–Crippen LogP) is 2.28. The number of nitrogens with one attached hydrogen (secondary N) is 1. The molecule has 0 spiro atoms. The van der Waals surface area contributed by atoms with Gasteiger partial charge in [-0.3, -0.25) is 0 Å². The lowest BCUT2D eigenvalue weighted by atomic mass is 10.3. The van der Waals surface area contributed by atoms with Crippen LogP contribution in [0.3, 0.4) is 0 Å². The molecular weight excluding hydrogens is 266 g/mol. The number of para-hydroxylation sites is 1. The van der Waals surface area contributed by atoms with Crippen molar-refractivity contribution in [3.8, 4) is 11.4 Å². The number of methoxy groups -OCH3 is 1. The molecule has 1 aromatic heterocycles. The third-order valence-electron chi connectivity index (χ3n) is 3.06. The summed E-state index contributed by atoms with van der Waals surface area (Å²) in [4.78, 5) is 0. The fourth-order valence-corrected chi connectivity index (χ4v) is 2.00. The molecule has 106 valence electrons. The number of tetrazole rings is 1. The molecule has 3 aromatic rings. The van der Waals surface area contributed by atoms with Crippen LogP contribution < -0.4 is 10.1 Å². The van der Waals surface area contributed by atoms with Crippen LogP contribution in [0.1, 0.15) is 5.82 Å². The first-order valence-electron chi connectivity index (χ1n) is 6.57. The summed E-state index contributed by atoms with van der Waals surface area (Å²) < 4.78 is 6.91. The second kappa shape index (κ2) is 6.04. The zero-order valence-corrected chi connectivity index (χ0v) is 11.6. The fourth-order valence-electron chi connectivity index (χ4n) is 2.00. The summed E-state index contributed by atoms with van der Waals surface area (Å²) >= 11 is 0. The van der Waals surface area contributed by atoms with E-state index in [1.807, 2.05) is 54.6 Å². The molecule has 0 bridgehead atoms. The van der Waals surface area contributed by atoms with Gasteiger partial charge in [0.1, 0.15) is 5.75 Å². The summed E-state index contributed by atoms with van der Waals surface area (Å²) in [6.45, 7) is 0.523. The van der Waals surface area contributed by atoms with Gasteiger partial charge in [0.2, 0.25) is 0 Å². The Morgan fingerprint density at radius 2 is 1.95 bits per heavy atom. The summed E-state index contributed by atoms with van der Waals surface area (Å²) in [6, 6.07) is 17.5. The molecular formula is C15H15N5O. The van der Waals surface area contributed by atoms with Gasteiger partial charge in [-0.15, -0.1) is 5.10 Å². The van der Waals surface area contributed by atoms with E-state index in [-0.39, 0.29) is 0 Å². The fraction of sp³-hybridized carbons (Fsp3) is 0.133. The normalized spacial score (nSPS) is 10.3. The van der Waals surface area contributed by atoms with Crippen LogP contribution in [0.25, 0.3) is 5.69 Å². The summed E-state index contributed by atoms with van der Waals surface area (Å²) in [6.07, 6.45) is 0. The Labute approximate surface area is 122 Å². The zero-order valence-electron chi connectivity index (χ0n) is 11.6. The van der Waals surface area contributed by atoms with Gasteiger partial charge in [0.25, 0.3) is 0 Å². The predicted molar refractivity (Wildman–Crippen MR) is 79.5 cm³/mol. The molecule has 0 aliphatic carbocycles. The summed E-state index contributed by atoms with van der Waals surface area (Å²) in [5, 5.41) is 15.1. The maximum Gasteiger partial charge on any atom is 0.175 e. The van der Waals surface area contributed by atoms with Crippen molar-refractivity contribution >= 4 is 5.69 Å². The number of benzene rings is 2. The van der Waals surface area contributed by atoms with E-state index in [1.165, 1.54) is 0 Å². The molecule has 0 aliphatic rings. The van der Waals surface area contributed by atoms with Crippen LogP contribution in [0.2, 0.25) is 0 Å². The number of ether oxygens (including phenoxy) is 1. The van der Waals surface area contributed by atoms with Gasteiger partial charge in [-0.05, 0) is 34.7 Å². The Bertz CT molecular complexity index is 711. The number of hydrogen-bond acceptors (Lipinski definition) is 5. The summed E-state index contributed by atoms with van der Waals surface area (Å²) in [5.41, 5.74) is 1.89. The van der Waals surface area contributed by atoms with E-state index in [4.69, 9.17) is 4.74 Å². The van der Waals surface area contributed by atoms with Gasteiger partial charge in [-0.25, -0.2) is 0 Å². The van der Waals surface area contributed by atoms with Crippen molar-refractivity contribution in [3.63, 3.8) is 0 Å². The minimum absolute atomic E-state index is 0.523. The van der Waals surface area contributed by atoms with Crippen molar-refractivity contribution in [1.82, 2.24) is 20.2 Å². The van der Waals surface area contributed by atoms with Crippen LogP contribution in [0, 0.1) is 0 Å². The van der Waals surface area contributed by atoms with Gasteiger partial charge in [-0.1, -0.05) is 24.3 Å². The SMILES string of the molecule is COc1cccc(NCc2nnnn2-c2ccccc2)c1. The second-order valence-electron chi connectivity index (χ2n) is 4.43. The molecule has 0 aliphatic heterocycles. The minimum atomic E-state index is 0.523. The van der Waals surface area contributed by atoms with Crippen LogP contribution in [0.5, 0.6) is 5.75 Å². The van der Waals surface area contributed by atoms with Gasteiger partial charge >= 0.3 is 0 Å². The molecule has 1 N–H and O–H groups in total. The zero-order chi connectivity index (χ0) is 14.5. The van der Waals surface area contributed by atoms with E-state index < -0.39 is 0 Å². The molecule has 6 nitrogen and oxygen atoms in total. The molecule has 0 unspecified atom stereocenters. The molecule has 2 aromatic carbocycles. The first-order valence-corrected chi connectivity index (χ1v) is 6.57. The highest BCUT2D eigenvalue weighted by Gasteiger charge is 2.07. The van der Waals surface area contributed by atoms with Gasteiger partial charge in [0, 0.05) is 11.8 Å². The Morgan fingerprint density at radius 3 is 2.76 bits per heavy atom. The highest BCUT2D eigenvalue weighted by atomic mass is 16.5. The standard InChI is InChI=1S/C15H15N5O/c1-21-14-9-5-6-12(10-14)16-11-15-17-18-19-20(15)13-7-3-2-4-8-13/h2-10,16H,11H2,1H3. The Kier molecular flexibility index (Phi) is 3.77. The van der Waals surface area contributed by atoms with E-state index in [0.29, 0.717) is 6.54 Å². The van der Waals surface area contributed by atoms with Crippen LogP contribution in [0.4, 0.5) is 5.69 Å². The largest absolute Gasteiger partial charge is 0.497 e. The van der Waals surface area contributed by atoms with E-state index in [1.54, 1.807) is 11.8 Å². The molecule has 6 heteroatoms. The number of anilines is 1. The van der Waals surface area contributed by atoms with Gasteiger partial charge in [0.15, 0.2) is 5.82 Å². The molecule has 0 fully saturated rings. The van der Waals surface area contributed by atoms with E-state index in [2.05, 4.69) is 20.8 Å². The molecule has 0 atom stereocenters. The van der Waals surface area contributed by atoms with Crippen molar-refractivity contribution < 1.29 is 4.74 Å². The first-order chi connectivity index (χ1) is 10.4. The second-order valence-corrected chi connectivity index (χ2v) is 4.43. The van der Waals surface area contributed by atoms with E-state index in [9.17, 15) is 0 Å². The smallest absolute Gasteiger partial charge is 0.175 e. The van der Waals surface area contributed by atoms with Crippen molar-refractivity contribution in [2.24, 2.45) is 0 Å². The number of rotatable bonds is 5. The van der Waals surface area contributed by atoms with Crippen molar-refractivity contribution in [2.45, 2.75) is 6.54 Å². The highest BCUT2D eigenvalue weighted by molar-refractivity contribution is 5.48.